The normalized spacial score (nSPS) is 13.7. The molecule has 0 aromatic heterocycles. The maximum Gasteiger partial charge on any atom is 0.296 e. The molecule has 0 radical (unpaired) electrons. The molecule has 0 bridgehead atoms. The highest BCUT2D eigenvalue weighted by Gasteiger charge is 2.26. The fraction of sp³-hybridized carbons (Fsp3) is 0.263. The molecule has 0 atom stereocenters. The number of thiocarbonyl (C=S) groups is 1. The molecule has 1 aliphatic rings. The summed E-state index contributed by atoms with van der Waals surface area (Å²) in [5, 5.41) is 14.8. The molecule has 2 aromatic carbocycles. The number of carbonyl (C=O) groups excluding carboxylic acids is 1. The lowest BCUT2D eigenvalue weighted by Crippen LogP contribution is -2.52. The van der Waals surface area contributed by atoms with E-state index in [0.717, 1.165) is 0 Å². The second-order valence-corrected chi connectivity index (χ2v) is 7.12. The Hall–Kier alpha value is -2.91. The Balaban J connectivity index is 1.63. The highest BCUT2D eigenvalue weighted by Crippen LogP contribution is 2.32. The van der Waals surface area contributed by atoms with Crippen LogP contribution in [-0.2, 0) is 0 Å². The quantitative estimate of drug-likeness (QED) is 0.449. The summed E-state index contributed by atoms with van der Waals surface area (Å²) in [6.45, 7) is 2.08. The molecule has 0 unspecified atom stereocenters. The number of piperazine rings is 1. The van der Waals surface area contributed by atoms with Gasteiger partial charge in [-0.25, -0.2) is 0 Å². The van der Waals surface area contributed by atoms with E-state index in [1.165, 1.54) is 13.2 Å². The number of nitrogens with zero attached hydrogens (tertiary/aromatic N) is 3. The maximum atomic E-state index is 12.4. The Kier molecular flexibility index (Phi) is 6.50. The van der Waals surface area contributed by atoms with Gasteiger partial charge in [0.15, 0.2) is 5.11 Å². The first-order valence-electron chi connectivity index (χ1n) is 8.83. The van der Waals surface area contributed by atoms with Crippen LogP contribution in [0.4, 0.5) is 11.4 Å². The monoisotopic (exact) mass is 434 g/mol. The van der Waals surface area contributed by atoms with Crippen molar-refractivity contribution in [3.05, 3.63) is 63.2 Å². The van der Waals surface area contributed by atoms with Crippen molar-refractivity contribution < 1.29 is 14.5 Å². The molecule has 2 aromatic rings. The average Bonchev–Trinajstić information content (AvgIpc) is 2.73. The summed E-state index contributed by atoms with van der Waals surface area (Å²) in [6, 6.07) is 11.5. The van der Waals surface area contributed by atoms with Gasteiger partial charge in [-0.1, -0.05) is 23.7 Å². The molecule has 29 heavy (non-hydrogen) atoms. The van der Waals surface area contributed by atoms with Crippen LogP contribution in [0.5, 0.6) is 5.75 Å². The number of carbonyl (C=O) groups is 1. The number of hydrogen-bond acceptors (Lipinski definition) is 6. The molecule has 0 spiro atoms. The molecular weight excluding hydrogens is 416 g/mol. The number of nitro benzene ring substituents is 1. The molecule has 10 heteroatoms. The average molecular weight is 435 g/mol. The van der Waals surface area contributed by atoms with Crippen LogP contribution < -0.4 is 15.0 Å². The minimum absolute atomic E-state index is 0.00704. The predicted molar refractivity (Wildman–Crippen MR) is 115 cm³/mol. The smallest absolute Gasteiger partial charge is 0.296 e. The third kappa shape index (κ3) is 4.75. The molecule has 1 N–H and O–H groups in total. The zero-order valence-electron chi connectivity index (χ0n) is 15.6. The van der Waals surface area contributed by atoms with Crippen LogP contribution in [0.2, 0.25) is 5.02 Å². The van der Waals surface area contributed by atoms with Crippen LogP contribution in [0.1, 0.15) is 10.4 Å². The topological polar surface area (TPSA) is 88.0 Å². The summed E-state index contributed by atoms with van der Waals surface area (Å²) in [5.41, 5.74) is 0.873. The van der Waals surface area contributed by atoms with Crippen molar-refractivity contribution in [1.82, 2.24) is 10.2 Å². The van der Waals surface area contributed by atoms with Crippen LogP contribution in [0.3, 0.4) is 0 Å². The van der Waals surface area contributed by atoms with Gasteiger partial charge in [0, 0.05) is 26.2 Å². The third-order valence-corrected chi connectivity index (χ3v) is 5.32. The highest BCUT2D eigenvalue weighted by atomic mass is 35.5. The molecule has 1 aliphatic heterocycles. The highest BCUT2D eigenvalue weighted by molar-refractivity contribution is 7.80. The molecule has 1 heterocycles. The molecule has 1 saturated heterocycles. The van der Waals surface area contributed by atoms with Gasteiger partial charge in [-0.15, -0.1) is 0 Å². The van der Waals surface area contributed by atoms with Gasteiger partial charge in [0.2, 0.25) is 0 Å². The third-order valence-electron chi connectivity index (χ3n) is 4.63. The number of ether oxygens (including phenoxy) is 1. The number of halogens is 1. The van der Waals surface area contributed by atoms with E-state index in [4.69, 9.17) is 28.6 Å². The van der Waals surface area contributed by atoms with Crippen molar-refractivity contribution >= 4 is 46.2 Å². The second-order valence-electron chi connectivity index (χ2n) is 6.32. The van der Waals surface area contributed by atoms with Crippen molar-refractivity contribution in [2.75, 3.05) is 38.2 Å². The SMILES string of the molecule is COc1ccc(N2CCN(C(=S)NC(=O)c3ccccc3Cl)CC2)c([N+](=O)[O-])c1. The lowest BCUT2D eigenvalue weighted by Gasteiger charge is -2.37. The number of amides is 1. The summed E-state index contributed by atoms with van der Waals surface area (Å²) in [6.07, 6.45) is 0. The molecule has 152 valence electrons. The van der Waals surface area contributed by atoms with Crippen molar-refractivity contribution in [2.24, 2.45) is 0 Å². The molecule has 3 rings (SSSR count). The van der Waals surface area contributed by atoms with Gasteiger partial charge in [-0.2, -0.15) is 0 Å². The first-order chi connectivity index (χ1) is 13.9. The van der Waals surface area contributed by atoms with Crippen LogP contribution in [0, 0.1) is 10.1 Å². The zero-order chi connectivity index (χ0) is 21.0. The minimum atomic E-state index is -0.418. The van der Waals surface area contributed by atoms with E-state index in [2.05, 4.69) is 5.32 Å². The Morgan fingerprint density at radius 1 is 1.21 bits per heavy atom. The number of rotatable bonds is 4. The van der Waals surface area contributed by atoms with Crippen LogP contribution in [0.15, 0.2) is 42.5 Å². The van der Waals surface area contributed by atoms with Gasteiger partial charge < -0.3 is 14.5 Å². The number of nitrogens with one attached hydrogen (secondary N) is 1. The number of benzene rings is 2. The molecule has 8 nitrogen and oxygen atoms in total. The van der Waals surface area contributed by atoms with E-state index in [9.17, 15) is 14.9 Å². The number of anilines is 1. The fourth-order valence-electron chi connectivity index (χ4n) is 3.08. The number of nitro groups is 1. The van der Waals surface area contributed by atoms with Crippen molar-refractivity contribution in [2.45, 2.75) is 0 Å². The molecule has 1 amide bonds. The summed E-state index contributed by atoms with van der Waals surface area (Å²) in [4.78, 5) is 27.2. The summed E-state index contributed by atoms with van der Waals surface area (Å²) in [5.74, 6) is 0.0661. The Morgan fingerprint density at radius 3 is 2.52 bits per heavy atom. The second kappa shape index (κ2) is 9.06. The van der Waals surface area contributed by atoms with E-state index in [0.29, 0.717) is 53.3 Å². The first-order valence-corrected chi connectivity index (χ1v) is 9.61. The Morgan fingerprint density at radius 2 is 1.90 bits per heavy atom. The Bertz CT molecular complexity index is 948. The van der Waals surface area contributed by atoms with E-state index < -0.39 is 4.92 Å². The van der Waals surface area contributed by atoms with Crippen molar-refractivity contribution in [1.29, 1.82) is 0 Å². The molecular formula is C19H19ClN4O4S. The standard InChI is InChI=1S/C19H19ClN4O4S/c1-28-13-6-7-16(17(12-13)24(26)27)22-8-10-23(11-9-22)19(29)21-18(25)14-4-2-3-5-15(14)20/h2-7,12H,8-11H2,1H3,(H,21,25,29). The summed E-state index contributed by atoms with van der Waals surface area (Å²) >= 11 is 11.4. The van der Waals surface area contributed by atoms with E-state index in [1.54, 1.807) is 36.4 Å². The van der Waals surface area contributed by atoms with Gasteiger partial charge >= 0.3 is 0 Å². The van der Waals surface area contributed by atoms with E-state index >= 15 is 0 Å². The maximum absolute atomic E-state index is 12.4. The largest absolute Gasteiger partial charge is 0.496 e. The molecule has 1 fully saturated rings. The summed E-state index contributed by atoms with van der Waals surface area (Å²) in [7, 11) is 1.47. The van der Waals surface area contributed by atoms with Crippen LogP contribution in [0.25, 0.3) is 0 Å². The lowest BCUT2D eigenvalue weighted by atomic mass is 10.2. The summed E-state index contributed by atoms with van der Waals surface area (Å²) < 4.78 is 5.08. The fourth-order valence-corrected chi connectivity index (χ4v) is 3.58. The van der Waals surface area contributed by atoms with Gasteiger partial charge in [0.25, 0.3) is 11.6 Å². The van der Waals surface area contributed by atoms with Crippen molar-refractivity contribution in [3.63, 3.8) is 0 Å². The number of methoxy groups -OCH3 is 1. The van der Waals surface area contributed by atoms with Gasteiger partial charge in [0.1, 0.15) is 11.4 Å². The van der Waals surface area contributed by atoms with E-state index in [-0.39, 0.29) is 11.6 Å². The first kappa shape index (κ1) is 20.8. The van der Waals surface area contributed by atoms with Crippen LogP contribution in [-0.4, -0.2) is 54.1 Å². The minimum Gasteiger partial charge on any atom is -0.496 e. The zero-order valence-corrected chi connectivity index (χ0v) is 17.2. The molecule has 0 aliphatic carbocycles. The lowest BCUT2D eigenvalue weighted by molar-refractivity contribution is -0.384. The van der Waals surface area contributed by atoms with E-state index in [1.807, 2.05) is 9.80 Å². The van der Waals surface area contributed by atoms with Crippen molar-refractivity contribution in [3.8, 4) is 5.75 Å². The predicted octanol–water partition coefficient (Wildman–Crippen LogP) is 3.09. The number of hydrogen-bond donors (Lipinski definition) is 1. The van der Waals surface area contributed by atoms with Gasteiger partial charge in [-0.05, 0) is 36.5 Å². The Labute approximate surface area is 178 Å². The van der Waals surface area contributed by atoms with Gasteiger partial charge in [-0.3, -0.25) is 20.2 Å². The molecule has 0 saturated carbocycles. The van der Waals surface area contributed by atoms with Crippen LogP contribution >= 0.6 is 23.8 Å². The van der Waals surface area contributed by atoms with Gasteiger partial charge in [0.05, 0.1) is 28.7 Å².